The highest BCUT2D eigenvalue weighted by Crippen LogP contribution is 2.26. The molecular formula is C9H17N3O3. The third-order valence-corrected chi connectivity index (χ3v) is 2.56. The zero-order valence-electron chi connectivity index (χ0n) is 8.69. The molecule has 1 aliphatic carbocycles. The van der Waals surface area contributed by atoms with E-state index in [1.807, 2.05) is 5.32 Å². The van der Waals surface area contributed by atoms with E-state index >= 15 is 0 Å². The molecule has 0 aromatic carbocycles. The highest BCUT2D eigenvalue weighted by molar-refractivity contribution is 5.96. The molecule has 6 nitrogen and oxygen atoms in total. The molecule has 1 aliphatic rings. The number of imide groups is 1. The SMILES string of the molecule is CC(NCC1CC(O)C1)C(=O)NC(N)=O. The number of aliphatic hydroxyl groups is 1. The van der Waals surface area contributed by atoms with Gasteiger partial charge < -0.3 is 16.2 Å². The summed E-state index contributed by atoms with van der Waals surface area (Å²) < 4.78 is 0. The number of nitrogens with one attached hydrogen (secondary N) is 2. The van der Waals surface area contributed by atoms with Gasteiger partial charge in [-0.25, -0.2) is 4.79 Å². The molecule has 0 saturated heterocycles. The van der Waals surface area contributed by atoms with Crippen molar-refractivity contribution in [2.75, 3.05) is 6.54 Å². The van der Waals surface area contributed by atoms with Gasteiger partial charge in [-0.2, -0.15) is 0 Å². The van der Waals surface area contributed by atoms with Gasteiger partial charge in [-0.15, -0.1) is 0 Å². The first kappa shape index (κ1) is 11.9. The Balaban J connectivity index is 2.15. The largest absolute Gasteiger partial charge is 0.393 e. The Morgan fingerprint density at radius 1 is 1.53 bits per heavy atom. The van der Waals surface area contributed by atoms with Crippen LogP contribution in [0.2, 0.25) is 0 Å². The van der Waals surface area contributed by atoms with E-state index in [4.69, 9.17) is 10.8 Å². The molecular weight excluding hydrogens is 198 g/mol. The molecule has 86 valence electrons. The summed E-state index contributed by atoms with van der Waals surface area (Å²) in [5.74, 6) is -0.00815. The molecule has 0 aromatic heterocycles. The number of amides is 3. The maximum absolute atomic E-state index is 11.2. The number of carbonyl (C=O) groups is 2. The second kappa shape index (κ2) is 5.09. The number of hydrogen-bond donors (Lipinski definition) is 4. The first-order valence-corrected chi connectivity index (χ1v) is 5.00. The van der Waals surface area contributed by atoms with Crippen LogP contribution in [0, 0.1) is 5.92 Å². The fraction of sp³-hybridized carbons (Fsp3) is 0.778. The van der Waals surface area contributed by atoms with Crippen molar-refractivity contribution >= 4 is 11.9 Å². The molecule has 0 aliphatic heterocycles. The van der Waals surface area contributed by atoms with Gasteiger partial charge in [0.05, 0.1) is 12.1 Å². The number of aliphatic hydroxyl groups excluding tert-OH is 1. The third-order valence-electron chi connectivity index (χ3n) is 2.56. The van der Waals surface area contributed by atoms with Gasteiger partial charge in [0.25, 0.3) is 0 Å². The van der Waals surface area contributed by atoms with Crippen LogP contribution < -0.4 is 16.4 Å². The molecule has 5 N–H and O–H groups in total. The van der Waals surface area contributed by atoms with Gasteiger partial charge in [0, 0.05) is 0 Å². The summed E-state index contributed by atoms with van der Waals surface area (Å²) >= 11 is 0. The number of urea groups is 1. The van der Waals surface area contributed by atoms with Crippen LogP contribution in [0.3, 0.4) is 0 Å². The second-order valence-electron chi connectivity index (χ2n) is 3.97. The first-order valence-electron chi connectivity index (χ1n) is 5.00. The number of carbonyl (C=O) groups excluding carboxylic acids is 2. The van der Waals surface area contributed by atoms with Crippen molar-refractivity contribution in [1.29, 1.82) is 0 Å². The van der Waals surface area contributed by atoms with Crippen molar-refractivity contribution in [3.8, 4) is 0 Å². The fourth-order valence-electron chi connectivity index (χ4n) is 1.53. The van der Waals surface area contributed by atoms with E-state index in [9.17, 15) is 9.59 Å². The Kier molecular flexibility index (Phi) is 4.05. The first-order chi connectivity index (χ1) is 6.99. The summed E-state index contributed by atoms with van der Waals surface area (Å²) in [4.78, 5) is 21.6. The van der Waals surface area contributed by atoms with E-state index in [-0.39, 0.29) is 6.10 Å². The molecule has 1 atom stereocenters. The molecule has 3 amide bonds. The Morgan fingerprint density at radius 3 is 2.60 bits per heavy atom. The lowest BCUT2D eigenvalue weighted by molar-refractivity contribution is -0.121. The fourth-order valence-corrected chi connectivity index (χ4v) is 1.53. The van der Waals surface area contributed by atoms with Gasteiger partial charge in [0.15, 0.2) is 0 Å². The van der Waals surface area contributed by atoms with Crippen LogP contribution in [0.25, 0.3) is 0 Å². The van der Waals surface area contributed by atoms with E-state index in [1.165, 1.54) is 0 Å². The van der Waals surface area contributed by atoms with Crippen molar-refractivity contribution in [2.24, 2.45) is 11.7 Å². The Bertz CT molecular complexity index is 251. The van der Waals surface area contributed by atoms with E-state index in [2.05, 4.69) is 5.32 Å². The zero-order chi connectivity index (χ0) is 11.4. The quantitative estimate of drug-likeness (QED) is 0.479. The summed E-state index contributed by atoms with van der Waals surface area (Å²) in [6.45, 7) is 2.33. The third kappa shape index (κ3) is 3.85. The molecule has 1 unspecified atom stereocenters. The second-order valence-corrected chi connectivity index (χ2v) is 3.97. The molecule has 6 heteroatoms. The lowest BCUT2D eigenvalue weighted by Gasteiger charge is -2.32. The van der Waals surface area contributed by atoms with Crippen molar-refractivity contribution in [2.45, 2.75) is 31.9 Å². The monoisotopic (exact) mass is 215 g/mol. The lowest BCUT2D eigenvalue weighted by atomic mass is 9.82. The topological polar surface area (TPSA) is 104 Å². The molecule has 0 spiro atoms. The highest BCUT2D eigenvalue weighted by atomic mass is 16.3. The zero-order valence-corrected chi connectivity index (χ0v) is 8.69. The van der Waals surface area contributed by atoms with E-state index in [0.717, 1.165) is 12.8 Å². The molecule has 15 heavy (non-hydrogen) atoms. The Labute approximate surface area is 88.2 Å². The highest BCUT2D eigenvalue weighted by Gasteiger charge is 2.27. The van der Waals surface area contributed by atoms with E-state index in [0.29, 0.717) is 12.5 Å². The van der Waals surface area contributed by atoms with Gasteiger partial charge >= 0.3 is 6.03 Å². The smallest absolute Gasteiger partial charge is 0.318 e. The van der Waals surface area contributed by atoms with Gasteiger partial charge in [-0.05, 0) is 32.2 Å². The lowest BCUT2D eigenvalue weighted by Crippen LogP contribution is -2.48. The maximum atomic E-state index is 11.2. The molecule has 1 fully saturated rings. The molecule has 0 heterocycles. The molecule has 1 saturated carbocycles. The predicted molar refractivity (Wildman–Crippen MR) is 53.9 cm³/mol. The molecule has 0 radical (unpaired) electrons. The maximum Gasteiger partial charge on any atom is 0.318 e. The average Bonchev–Trinajstić information content (AvgIpc) is 2.08. The van der Waals surface area contributed by atoms with Crippen molar-refractivity contribution in [3.63, 3.8) is 0 Å². The van der Waals surface area contributed by atoms with Crippen LogP contribution in [-0.4, -0.2) is 35.7 Å². The number of nitrogens with two attached hydrogens (primary N) is 1. The van der Waals surface area contributed by atoms with Gasteiger partial charge in [0.2, 0.25) is 5.91 Å². The summed E-state index contributed by atoms with van der Waals surface area (Å²) in [5.41, 5.74) is 4.81. The summed E-state index contributed by atoms with van der Waals surface area (Å²) in [6, 6.07) is -1.29. The van der Waals surface area contributed by atoms with Crippen LogP contribution in [0.5, 0.6) is 0 Å². The molecule has 0 bridgehead atoms. The van der Waals surface area contributed by atoms with Crippen LogP contribution >= 0.6 is 0 Å². The minimum absolute atomic E-state index is 0.188. The van der Waals surface area contributed by atoms with Gasteiger partial charge in [-0.1, -0.05) is 0 Å². The van der Waals surface area contributed by atoms with Crippen LogP contribution in [0.1, 0.15) is 19.8 Å². The number of hydrogen-bond acceptors (Lipinski definition) is 4. The minimum atomic E-state index is -0.840. The summed E-state index contributed by atoms with van der Waals surface area (Å²) in [7, 11) is 0. The normalized spacial score (nSPS) is 26.5. The van der Waals surface area contributed by atoms with Gasteiger partial charge in [0.1, 0.15) is 0 Å². The van der Waals surface area contributed by atoms with Crippen LogP contribution in [-0.2, 0) is 4.79 Å². The van der Waals surface area contributed by atoms with Crippen molar-refractivity contribution in [3.05, 3.63) is 0 Å². The number of rotatable bonds is 4. The standard InChI is InChI=1S/C9H17N3O3/c1-5(8(14)12-9(10)15)11-4-6-2-7(13)3-6/h5-7,11,13H,2-4H2,1H3,(H3,10,12,14,15). The molecule has 0 aromatic rings. The molecule has 1 rings (SSSR count). The summed E-state index contributed by atoms with van der Waals surface area (Å²) in [6.07, 6.45) is 1.36. The number of primary amides is 1. The van der Waals surface area contributed by atoms with Crippen molar-refractivity contribution in [1.82, 2.24) is 10.6 Å². The van der Waals surface area contributed by atoms with E-state index < -0.39 is 18.0 Å². The van der Waals surface area contributed by atoms with E-state index in [1.54, 1.807) is 6.92 Å². The summed E-state index contributed by atoms with van der Waals surface area (Å²) in [5, 5.41) is 14.0. The average molecular weight is 215 g/mol. The minimum Gasteiger partial charge on any atom is -0.393 e. The van der Waals surface area contributed by atoms with Crippen LogP contribution in [0.15, 0.2) is 0 Å². The Morgan fingerprint density at radius 2 is 2.13 bits per heavy atom. The van der Waals surface area contributed by atoms with Crippen LogP contribution in [0.4, 0.5) is 4.79 Å². The van der Waals surface area contributed by atoms with Crippen molar-refractivity contribution < 1.29 is 14.7 Å². The Hall–Kier alpha value is -1.14. The van der Waals surface area contributed by atoms with Gasteiger partial charge in [-0.3, -0.25) is 10.1 Å². The predicted octanol–water partition coefficient (Wildman–Crippen LogP) is -1.07.